The average Bonchev–Trinajstić information content (AvgIpc) is 2.49. The minimum atomic E-state index is 0.478. The molecule has 0 radical (unpaired) electrons. The molecule has 0 bridgehead atoms. The molecule has 3 aromatic rings. The molecule has 0 unspecified atom stereocenters. The lowest BCUT2D eigenvalue weighted by Crippen LogP contribution is -1.97. The van der Waals surface area contributed by atoms with E-state index in [9.17, 15) is 0 Å². The Morgan fingerprint density at radius 1 is 1.00 bits per heavy atom. The molecular formula is C15H11Br2N3O. The van der Waals surface area contributed by atoms with Gasteiger partial charge < -0.3 is 10.1 Å². The molecule has 0 aliphatic rings. The van der Waals surface area contributed by atoms with Crippen LogP contribution in [0.3, 0.4) is 0 Å². The van der Waals surface area contributed by atoms with Crippen LogP contribution in [0.2, 0.25) is 0 Å². The first-order valence-corrected chi connectivity index (χ1v) is 7.81. The van der Waals surface area contributed by atoms with Crippen LogP contribution < -0.4 is 10.1 Å². The lowest BCUT2D eigenvalue weighted by molar-refractivity contribution is 0.459. The van der Waals surface area contributed by atoms with E-state index >= 15 is 0 Å². The molecule has 0 atom stereocenters. The van der Waals surface area contributed by atoms with Gasteiger partial charge in [-0.05, 0) is 51.0 Å². The number of anilines is 1. The summed E-state index contributed by atoms with van der Waals surface area (Å²) >= 11 is 6.91. The van der Waals surface area contributed by atoms with E-state index in [4.69, 9.17) is 4.74 Å². The lowest BCUT2D eigenvalue weighted by Gasteiger charge is -2.09. The molecule has 0 saturated carbocycles. The van der Waals surface area contributed by atoms with Crippen molar-refractivity contribution in [1.29, 1.82) is 0 Å². The summed E-state index contributed by atoms with van der Waals surface area (Å²) < 4.78 is 7.59. The fraction of sp³-hybridized carbons (Fsp3) is 0.0667. The third kappa shape index (κ3) is 3.01. The SMILES string of the molecule is CNc1ncnc(Oc2ccc3cc(Br)ccc3c2)c1Br. The van der Waals surface area contributed by atoms with Crippen molar-refractivity contribution >= 4 is 48.5 Å². The Morgan fingerprint density at radius 2 is 1.76 bits per heavy atom. The summed E-state index contributed by atoms with van der Waals surface area (Å²) in [5, 5.41) is 5.23. The van der Waals surface area contributed by atoms with E-state index in [1.54, 1.807) is 7.05 Å². The molecule has 0 amide bonds. The predicted octanol–water partition coefficient (Wildman–Crippen LogP) is 4.99. The van der Waals surface area contributed by atoms with Gasteiger partial charge in [0.2, 0.25) is 5.88 Å². The Kier molecular flexibility index (Phi) is 4.07. The standard InChI is InChI=1S/C15H11Br2N3O/c1-18-14-13(17)15(20-8-19-14)21-12-5-3-9-6-11(16)4-2-10(9)7-12/h2-8H,1H3,(H,18,19,20). The number of rotatable bonds is 3. The summed E-state index contributed by atoms with van der Waals surface area (Å²) in [6, 6.07) is 12.0. The first-order valence-electron chi connectivity index (χ1n) is 6.23. The number of nitrogens with one attached hydrogen (secondary N) is 1. The molecule has 21 heavy (non-hydrogen) atoms. The van der Waals surface area contributed by atoms with Gasteiger partial charge in [0.15, 0.2) is 0 Å². The van der Waals surface area contributed by atoms with Crippen LogP contribution in [0.1, 0.15) is 0 Å². The van der Waals surface area contributed by atoms with Gasteiger partial charge in [-0.1, -0.05) is 28.1 Å². The predicted molar refractivity (Wildman–Crippen MR) is 91.0 cm³/mol. The second-order valence-corrected chi connectivity index (χ2v) is 6.06. The minimum Gasteiger partial charge on any atom is -0.438 e. The zero-order chi connectivity index (χ0) is 14.8. The lowest BCUT2D eigenvalue weighted by atomic mass is 10.1. The molecule has 2 aromatic carbocycles. The molecule has 1 aromatic heterocycles. The van der Waals surface area contributed by atoms with Crippen LogP contribution in [0.25, 0.3) is 10.8 Å². The largest absolute Gasteiger partial charge is 0.438 e. The zero-order valence-electron chi connectivity index (χ0n) is 11.1. The summed E-state index contributed by atoms with van der Waals surface area (Å²) in [5.74, 6) is 1.89. The fourth-order valence-corrected chi connectivity index (χ4v) is 2.83. The van der Waals surface area contributed by atoms with Gasteiger partial charge in [0.25, 0.3) is 0 Å². The highest BCUT2D eigenvalue weighted by Gasteiger charge is 2.10. The molecule has 3 rings (SSSR count). The van der Waals surface area contributed by atoms with Crippen molar-refractivity contribution in [3.63, 3.8) is 0 Å². The maximum atomic E-state index is 5.84. The summed E-state index contributed by atoms with van der Waals surface area (Å²) in [7, 11) is 1.80. The molecule has 1 heterocycles. The van der Waals surface area contributed by atoms with E-state index in [1.165, 1.54) is 6.33 Å². The smallest absolute Gasteiger partial charge is 0.238 e. The summed E-state index contributed by atoms with van der Waals surface area (Å²) in [5.41, 5.74) is 0. The van der Waals surface area contributed by atoms with E-state index < -0.39 is 0 Å². The van der Waals surface area contributed by atoms with Crippen molar-refractivity contribution in [2.45, 2.75) is 0 Å². The number of aromatic nitrogens is 2. The van der Waals surface area contributed by atoms with Crippen molar-refractivity contribution < 1.29 is 4.74 Å². The maximum Gasteiger partial charge on any atom is 0.238 e. The number of halogens is 2. The molecular weight excluding hydrogens is 398 g/mol. The Labute approximate surface area is 138 Å². The summed E-state index contributed by atoms with van der Waals surface area (Å²) in [4.78, 5) is 8.25. The molecule has 106 valence electrons. The van der Waals surface area contributed by atoms with Gasteiger partial charge in [-0.3, -0.25) is 0 Å². The van der Waals surface area contributed by atoms with Crippen molar-refractivity contribution in [3.05, 3.63) is 51.7 Å². The quantitative estimate of drug-likeness (QED) is 0.663. The van der Waals surface area contributed by atoms with Crippen LogP contribution in [0, 0.1) is 0 Å². The molecule has 0 fully saturated rings. The van der Waals surface area contributed by atoms with Crippen molar-refractivity contribution in [3.8, 4) is 11.6 Å². The fourth-order valence-electron chi connectivity index (χ4n) is 1.97. The third-order valence-electron chi connectivity index (χ3n) is 2.98. The Bertz CT molecular complexity index is 808. The van der Waals surface area contributed by atoms with Crippen molar-refractivity contribution in [2.75, 3.05) is 12.4 Å². The summed E-state index contributed by atoms with van der Waals surface area (Å²) in [6.45, 7) is 0. The average molecular weight is 409 g/mol. The van der Waals surface area contributed by atoms with Crippen LogP contribution in [-0.4, -0.2) is 17.0 Å². The Balaban J connectivity index is 1.96. The molecule has 0 spiro atoms. The highest BCUT2D eigenvalue weighted by Crippen LogP contribution is 2.33. The van der Waals surface area contributed by atoms with Crippen molar-refractivity contribution in [1.82, 2.24) is 9.97 Å². The van der Waals surface area contributed by atoms with E-state index in [0.29, 0.717) is 16.2 Å². The van der Waals surface area contributed by atoms with Gasteiger partial charge in [-0.25, -0.2) is 9.97 Å². The van der Waals surface area contributed by atoms with Crippen LogP contribution in [0.4, 0.5) is 5.82 Å². The van der Waals surface area contributed by atoms with Crippen LogP contribution in [0.15, 0.2) is 51.7 Å². The minimum absolute atomic E-state index is 0.478. The van der Waals surface area contributed by atoms with Crippen LogP contribution >= 0.6 is 31.9 Å². The maximum absolute atomic E-state index is 5.84. The number of hydrogen-bond donors (Lipinski definition) is 1. The summed E-state index contributed by atoms with van der Waals surface area (Å²) in [6.07, 6.45) is 1.46. The number of ether oxygens (including phenoxy) is 1. The third-order valence-corrected chi connectivity index (χ3v) is 4.19. The van der Waals surface area contributed by atoms with Crippen molar-refractivity contribution in [2.24, 2.45) is 0 Å². The zero-order valence-corrected chi connectivity index (χ0v) is 14.3. The normalized spacial score (nSPS) is 10.6. The molecule has 6 heteroatoms. The first kappa shape index (κ1) is 14.3. The number of fused-ring (bicyclic) bond motifs is 1. The second kappa shape index (κ2) is 5.99. The number of hydrogen-bond acceptors (Lipinski definition) is 4. The van der Waals surface area contributed by atoms with Crippen LogP contribution in [-0.2, 0) is 0 Å². The molecule has 1 N–H and O–H groups in total. The first-order chi connectivity index (χ1) is 10.2. The van der Waals surface area contributed by atoms with Crippen LogP contribution in [0.5, 0.6) is 11.6 Å². The molecule has 0 aliphatic heterocycles. The number of nitrogens with zero attached hydrogens (tertiary/aromatic N) is 2. The van der Waals surface area contributed by atoms with E-state index in [2.05, 4.69) is 53.2 Å². The monoisotopic (exact) mass is 407 g/mol. The van der Waals surface area contributed by atoms with Gasteiger partial charge in [-0.2, -0.15) is 0 Å². The Morgan fingerprint density at radius 3 is 2.57 bits per heavy atom. The van der Waals surface area contributed by atoms with E-state index in [-0.39, 0.29) is 0 Å². The Hall–Kier alpha value is -1.66. The number of benzene rings is 2. The van der Waals surface area contributed by atoms with E-state index in [1.807, 2.05) is 30.3 Å². The molecule has 0 saturated heterocycles. The second-order valence-electron chi connectivity index (χ2n) is 4.35. The van der Waals surface area contributed by atoms with Gasteiger partial charge in [0.1, 0.15) is 22.4 Å². The highest BCUT2D eigenvalue weighted by atomic mass is 79.9. The van der Waals surface area contributed by atoms with Gasteiger partial charge in [-0.15, -0.1) is 0 Å². The van der Waals surface area contributed by atoms with Gasteiger partial charge in [0, 0.05) is 11.5 Å². The van der Waals surface area contributed by atoms with Gasteiger partial charge >= 0.3 is 0 Å². The topological polar surface area (TPSA) is 47.0 Å². The molecule has 4 nitrogen and oxygen atoms in total. The highest BCUT2D eigenvalue weighted by molar-refractivity contribution is 9.11. The van der Waals surface area contributed by atoms with Gasteiger partial charge in [0.05, 0.1) is 0 Å². The van der Waals surface area contributed by atoms with E-state index in [0.717, 1.165) is 21.0 Å². The molecule has 0 aliphatic carbocycles.